The fourth-order valence-electron chi connectivity index (χ4n) is 2.74. The van der Waals surface area contributed by atoms with E-state index in [1.807, 2.05) is 13.8 Å². The number of urea groups is 1. The summed E-state index contributed by atoms with van der Waals surface area (Å²) in [6.07, 6.45) is -2.95. The Kier molecular flexibility index (Phi) is 6.34. The lowest BCUT2D eigenvalue weighted by Gasteiger charge is -2.27. The average Bonchev–Trinajstić information content (AvgIpc) is 3.06. The first-order valence-corrected chi connectivity index (χ1v) is 8.42. The van der Waals surface area contributed by atoms with Crippen LogP contribution >= 0.6 is 0 Å². The highest BCUT2D eigenvalue weighted by Crippen LogP contribution is 2.34. The molecular formula is C19H23F3N2O2. The van der Waals surface area contributed by atoms with Gasteiger partial charge >= 0.3 is 12.2 Å². The molecular weight excluding hydrogens is 345 g/mol. The van der Waals surface area contributed by atoms with Crippen molar-refractivity contribution in [3.8, 4) is 0 Å². The SMILES string of the molecule is CC(C)CN(Cc1ccco1)C(=O)N[C@H](C)c1ccccc1C(F)(F)F. The molecule has 2 aromatic rings. The number of furan rings is 1. The van der Waals surface area contributed by atoms with Crippen molar-refractivity contribution >= 4 is 6.03 Å². The smallest absolute Gasteiger partial charge is 0.416 e. The number of hydrogen-bond donors (Lipinski definition) is 1. The maximum absolute atomic E-state index is 13.2. The summed E-state index contributed by atoms with van der Waals surface area (Å²) in [4.78, 5) is 14.2. The van der Waals surface area contributed by atoms with Crippen LogP contribution in [0.5, 0.6) is 0 Å². The summed E-state index contributed by atoms with van der Waals surface area (Å²) in [6, 6.07) is 7.53. The quantitative estimate of drug-likeness (QED) is 0.759. The Morgan fingerprint density at radius 3 is 2.42 bits per heavy atom. The number of hydrogen-bond acceptors (Lipinski definition) is 2. The van der Waals surface area contributed by atoms with E-state index in [1.165, 1.54) is 29.4 Å². The number of nitrogens with zero attached hydrogens (tertiary/aromatic N) is 1. The van der Waals surface area contributed by atoms with Crippen LogP contribution in [0.25, 0.3) is 0 Å². The summed E-state index contributed by atoms with van der Waals surface area (Å²) in [6.45, 7) is 6.18. The van der Waals surface area contributed by atoms with E-state index in [0.717, 1.165) is 6.07 Å². The van der Waals surface area contributed by atoms with Crippen LogP contribution in [-0.4, -0.2) is 17.5 Å². The molecule has 0 saturated carbocycles. The van der Waals surface area contributed by atoms with Crippen molar-refractivity contribution in [3.05, 3.63) is 59.5 Å². The molecule has 0 bridgehead atoms. The lowest BCUT2D eigenvalue weighted by molar-refractivity contribution is -0.138. The van der Waals surface area contributed by atoms with Gasteiger partial charge in [0.15, 0.2) is 0 Å². The van der Waals surface area contributed by atoms with Gasteiger partial charge in [-0.15, -0.1) is 0 Å². The lowest BCUT2D eigenvalue weighted by atomic mass is 10.0. The number of rotatable bonds is 6. The Hall–Kier alpha value is -2.44. The maximum Gasteiger partial charge on any atom is 0.416 e. The first-order valence-electron chi connectivity index (χ1n) is 8.42. The van der Waals surface area contributed by atoms with Crippen molar-refractivity contribution in [3.63, 3.8) is 0 Å². The summed E-state index contributed by atoms with van der Waals surface area (Å²) in [7, 11) is 0. The van der Waals surface area contributed by atoms with E-state index in [9.17, 15) is 18.0 Å². The second-order valence-electron chi connectivity index (χ2n) is 6.61. The molecule has 1 atom stereocenters. The van der Waals surface area contributed by atoms with Crippen LogP contribution in [-0.2, 0) is 12.7 Å². The summed E-state index contributed by atoms with van der Waals surface area (Å²) < 4.78 is 44.9. The molecule has 7 heteroatoms. The number of benzene rings is 1. The van der Waals surface area contributed by atoms with Crippen LogP contribution < -0.4 is 5.32 Å². The van der Waals surface area contributed by atoms with Gasteiger partial charge in [-0.3, -0.25) is 0 Å². The van der Waals surface area contributed by atoms with Gasteiger partial charge in [0, 0.05) is 6.54 Å². The molecule has 0 radical (unpaired) electrons. The third-order valence-corrected chi connectivity index (χ3v) is 3.87. The summed E-state index contributed by atoms with van der Waals surface area (Å²) >= 11 is 0. The molecule has 0 spiro atoms. The van der Waals surface area contributed by atoms with Gasteiger partial charge in [0.25, 0.3) is 0 Å². The number of carbonyl (C=O) groups excluding carboxylic acids is 1. The van der Waals surface area contributed by atoms with Gasteiger partial charge in [0.05, 0.1) is 24.4 Å². The number of alkyl halides is 3. The highest BCUT2D eigenvalue weighted by Gasteiger charge is 2.34. The van der Waals surface area contributed by atoms with Gasteiger partial charge in [-0.25, -0.2) is 4.79 Å². The third kappa shape index (κ3) is 5.28. The van der Waals surface area contributed by atoms with Gasteiger partial charge in [-0.2, -0.15) is 13.2 Å². The Morgan fingerprint density at radius 2 is 1.85 bits per heavy atom. The van der Waals surface area contributed by atoms with Crippen LogP contribution in [0.3, 0.4) is 0 Å². The van der Waals surface area contributed by atoms with E-state index in [-0.39, 0.29) is 18.0 Å². The predicted molar refractivity (Wildman–Crippen MR) is 92.3 cm³/mol. The van der Waals surface area contributed by atoms with Crippen LogP contribution in [0.15, 0.2) is 47.1 Å². The molecule has 0 aliphatic carbocycles. The van der Waals surface area contributed by atoms with Gasteiger partial charge in [0.2, 0.25) is 0 Å². The summed E-state index contributed by atoms with van der Waals surface area (Å²) in [5, 5.41) is 2.67. The largest absolute Gasteiger partial charge is 0.467 e. The van der Waals surface area contributed by atoms with Crippen molar-refractivity contribution in [2.75, 3.05) is 6.54 Å². The van der Waals surface area contributed by atoms with E-state index in [1.54, 1.807) is 19.1 Å². The van der Waals surface area contributed by atoms with Crippen molar-refractivity contribution in [2.24, 2.45) is 5.92 Å². The molecule has 4 nitrogen and oxygen atoms in total. The van der Waals surface area contributed by atoms with Gasteiger partial charge in [-0.1, -0.05) is 32.0 Å². The Balaban J connectivity index is 2.15. The second-order valence-corrected chi connectivity index (χ2v) is 6.61. The number of carbonyl (C=O) groups is 1. The van der Waals surface area contributed by atoms with E-state index in [0.29, 0.717) is 12.3 Å². The molecule has 1 heterocycles. The predicted octanol–water partition coefficient (Wildman–Crippen LogP) is 5.23. The number of amides is 2. The molecule has 0 fully saturated rings. The van der Waals surface area contributed by atoms with Crippen molar-refractivity contribution in [2.45, 2.75) is 39.5 Å². The first-order chi connectivity index (χ1) is 12.2. The first kappa shape index (κ1) is 19.9. The van der Waals surface area contributed by atoms with Gasteiger partial charge in [-0.05, 0) is 36.6 Å². The van der Waals surface area contributed by atoms with Crippen molar-refractivity contribution in [1.29, 1.82) is 0 Å². The van der Waals surface area contributed by atoms with Crippen LogP contribution in [0.2, 0.25) is 0 Å². The minimum Gasteiger partial charge on any atom is -0.467 e. The molecule has 0 aliphatic rings. The standard InChI is InChI=1S/C19H23F3N2O2/c1-13(2)11-24(12-15-7-6-10-26-15)18(25)23-14(3)16-8-4-5-9-17(16)19(20,21)22/h4-10,13-14H,11-12H2,1-3H3,(H,23,25)/t14-/m1/s1. The van der Waals surface area contributed by atoms with Gasteiger partial charge in [0.1, 0.15) is 5.76 Å². The minimum absolute atomic E-state index is 0.0378. The molecule has 1 aromatic carbocycles. The topological polar surface area (TPSA) is 45.5 Å². The monoisotopic (exact) mass is 368 g/mol. The summed E-state index contributed by atoms with van der Waals surface area (Å²) in [5.74, 6) is 0.817. The lowest BCUT2D eigenvalue weighted by Crippen LogP contribution is -2.42. The van der Waals surface area contributed by atoms with Crippen molar-refractivity contribution < 1.29 is 22.4 Å². The molecule has 0 unspecified atom stereocenters. The van der Waals surface area contributed by atoms with Crippen LogP contribution in [0.1, 0.15) is 43.7 Å². The Morgan fingerprint density at radius 1 is 1.15 bits per heavy atom. The molecule has 1 N–H and O–H groups in total. The van der Waals surface area contributed by atoms with E-state index in [4.69, 9.17) is 4.42 Å². The normalized spacial score (nSPS) is 12.9. The Labute approximate surface area is 151 Å². The summed E-state index contributed by atoms with van der Waals surface area (Å²) in [5.41, 5.74) is -0.704. The molecule has 2 amide bonds. The fourth-order valence-corrected chi connectivity index (χ4v) is 2.74. The van der Waals surface area contributed by atoms with Crippen LogP contribution in [0, 0.1) is 5.92 Å². The molecule has 26 heavy (non-hydrogen) atoms. The highest BCUT2D eigenvalue weighted by molar-refractivity contribution is 5.74. The molecule has 142 valence electrons. The minimum atomic E-state index is -4.47. The molecule has 1 aromatic heterocycles. The Bertz CT molecular complexity index is 712. The highest BCUT2D eigenvalue weighted by atomic mass is 19.4. The average molecular weight is 368 g/mol. The zero-order valence-electron chi connectivity index (χ0n) is 15.0. The molecule has 0 saturated heterocycles. The zero-order chi connectivity index (χ0) is 19.3. The van der Waals surface area contributed by atoms with E-state index < -0.39 is 23.8 Å². The number of nitrogens with one attached hydrogen (secondary N) is 1. The van der Waals surface area contributed by atoms with E-state index in [2.05, 4.69) is 5.32 Å². The zero-order valence-corrected chi connectivity index (χ0v) is 15.0. The van der Waals surface area contributed by atoms with Crippen LogP contribution in [0.4, 0.5) is 18.0 Å². The van der Waals surface area contributed by atoms with E-state index >= 15 is 0 Å². The number of halogens is 3. The second kappa shape index (κ2) is 8.29. The third-order valence-electron chi connectivity index (χ3n) is 3.87. The maximum atomic E-state index is 13.2. The fraction of sp³-hybridized carbons (Fsp3) is 0.421. The van der Waals surface area contributed by atoms with Gasteiger partial charge < -0.3 is 14.6 Å². The molecule has 0 aliphatic heterocycles. The molecule has 2 rings (SSSR count). The van der Waals surface area contributed by atoms with Crippen molar-refractivity contribution in [1.82, 2.24) is 10.2 Å².